The zero-order chi connectivity index (χ0) is 37.8. The molecular weight excluding hydrogens is 642 g/mol. The van der Waals surface area contributed by atoms with Crippen LogP contribution in [0.15, 0.2) is 60.8 Å². The Morgan fingerprint density at radius 1 is 0.608 bits per heavy atom. The second-order valence-electron chi connectivity index (χ2n) is 14.1. The van der Waals surface area contributed by atoms with Crippen LogP contribution in [0.5, 0.6) is 0 Å². The van der Waals surface area contributed by atoms with E-state index in [9.17, 15) is 19.5 Å². The molecule has 51 heavy (non-hydrogen) atoms. The van der Waals surface area contributed by atoms with Gasteiger partial charge in [-0.05, 0) is 70.6 Å². The van der Waals surface area contributed by atoms with Crippen molar-refractivity contribution in [2.45, 2.75) is 154 Å². The standard InChI is InChI=1S/C43H73NO7/c1-6-8-10-12-14-16-18-19-20-21-22-23-24-26-28-30-32-34-42(46)51-39(37-49-36-35-40(43(47)48)44(3,4)5)38-50-41(45)33-31-29-27-25-17-15-13-11-9-7-2/h8,10-11,13-14,16,19-20,22-23,39-40H,6-7,9,12,15,17-18,21,24-38H2,1-5H3/b10-8-,13-11-,16-14-,20-19-,23-22-. The first-order valence-electron chi connectivity index (χ1n) is 19.8. The fourth-order valence-corrected chi connectivity index (χ4v) is 5.30. The van der Waals surface area contributed by atoms with Crippen LogP contribution in [0.3, 0.4) is 0 Å². The lowest BCUT2D eigenvalue weighted by Gasteiger charge is -2.34. The van der Waals surface area contributed by atoms with Gasteiger partial charge in [0, 0.05) is 19.3 Å². The van der Waals surface area contributed by atoms with Gasteiger partial charge < -0.3 is 28.6 Å². The number of rotatable bonds is 34. The number of aliphatic carboxylic acids is 1. The Morgan fingerprint density at radius 3 is 1.65 bits per heavy atom. The van der Waals surface area contributed by atoms with Crippen molar-refractivity contribution in [3.63, 3.8) is 0 Å². The first-order chi connectivity index (χ1) is 24.6. The van der Waals surface area contributed by atoms with E-state index in [1.165, 1.54) is 12.8 Å². The lowest BCUT2D eigenvalue weighted by molar-refractivity contribution is -0.889. The Balaban J connectivity index is 4.46. The Morgan fingerprint density at radius 2 is 1.10 bits per heavy atom. The van der Waals surface area contributed by atoms with Crippen molar-refractivity contribution in [2.75, 3.05) is 41.0 Å². The number of ether oxygens (including phenoxy) is 3. The number of quaternary nitrogens is 1. The Hall–Kier alpha value is -2.97. The molecule has 0 aliphatic carbocycles. The van der Waals surface area contributed by atoms with Gasteiger partial charge in [-0.2, -0.15) is 0 Å². The monoisotopic (exact) mass is 716 g/mol. The fraction of sp³-hybridized carbons (Fsp3) is 0.698. The maximum atomic E-state index is 12.7. The number of carboxylic acid groups (broad SMARTS) is 1. The average molecular weight is 716 g/mol. The lowest BCUT2D eigenvalue weighted by Crippen LogP contribution is -2.55. The average Bonchev–Trinajstić information content (AvgIpc) is 3.08. The number of carbonyl (C=O) groups is 3. The molecule has 0 aromatic carbocycles. The van der Waals surface area contributed by atoms with E-state index in [-0.39, 0.29) is 49.1 Å². The molecule has 0 fully saturated rings. The van der Waals surface area contributed by atoms with Crippen molar-refractivity contribution in [3.8, 4) is 0 Å². The quantitative estimate of drug-likeness (QED) is 0.0284. The second-order valence-corrected chi connectivity index (χ2v) is 14.1. The topological polar surface area (TPSA) is 102 Å². The smallest absolute Gasteiger partial charge is 0.306 e. The molecule has 0 heterocycles. The number of esters is 2. The maximum absolute atomic E-state index is 12.7. The molecule has 0 aromatic rings. The van der Waals surface area contributed by atoms with E-state index in [1.807, 2.05) is 0 Å². The van der Waals surface area contributed by atoms with Gasteiger partial charge in [0.2, 0.25) is 0 Å². The molecule has 0 bridgehead atoms. The maximum Gasteiger partial charge on any atom is 0.306 e. The largest absolute Gasteiger partial charge is 0.544 e. The van der Waals surface area contributed by atoms with Crippen molar-refractivity contribution >= 4 is 17.9 Å². The molecule has 0 rings (SSSR count). The summed E-state index contributed by atoms with van der Waals surface area (Å²) in [6.45, 7) is 4.42. The summed E-state index contributed by atoms with van der Waals surface area (Å²) in [6, 6.07) is -0.732. The van der Waals surface area contributed by atoms with Crippen molar-refractivity contribution in [2.24, 2.45) is 0 Å². The molecule has 0 aromatic heterocycles. The van der Waals surface area contributed by atoms with Gasteiger partial charge >= 0.3 is 11.9 Å². The zero-order valence-corrected chi connectivity index (χ0v) is 33.0. The molecule has 2 atom stereocenters. The third kappa shape index (κ3) is 32.7. The first kappa shape index (κ1) is 48.0. The summed E-state index contributed by atoms with van der Waals surface area (Å²) in [4.78, 5) is 36.7. The van der Waals surface area contributed by atoms with E-state index in [0.29, 0.717) is 6.42 Å². The number of unbranched alkanes of at least 4 members (excludes halogenated alkanes) is 10. The molecule has 8 heteroatoms. The van der Waals surface area contributed by atoms with Crippen LogP contribution >= 0.6 is 0 Å². The molecule has 292 valence electrons. The van der Waals surface area contributed by atoms with Crippen LogP contribution in [-0.2, 0) is 28.6 Å². The van der Waals surface area contributed by atoms with Gasteiger partial charge in [0.05, 0.1) is 40.3 Å². The molecular formula is C43H73NO7. The van der Waals surface area contributed by atoms with E-state index >= 15 is 0 Å². The fourth-order valence-electron chi connectivity index (χ4n) is 5.30. The summed E-state index contributed by atoms with van der Waals surface area (Å²) in [7, 11) is 5.38. The lowest BCUT2D eigenvalue weighted by atomic mass is 10.1. The van der Waals surface area contributed by atoms with Gasteiger partial charge in [-0.25, -0.2) is 0 Å². The summed E-state index contributed by atoms with van der Waals surface area (Å²) in [5.74, 6) is -1.79. The molecule has 2 unspecified atom stereocenters. The van der Waals surface area contributed by atoms with Gasteiger partial charge in [-0.3, -0.25) is 9.59 Å². The summed E-state index contributed by atoms with van der Waals surface area (Å²) in [5.41, 5.74) is 0. The van der Waals surface area contributed by atoms with Crippen LogP contribution in [0.2, 0.25) is 0 Å². The predicted molar refractivity (Wildman–Crippen MR) is 208 cm³/mol. The summed E-state index contributed by atoms with van der Waals surface area (Å²) in [5, 5.41) is 11.6. The molecule has 0 saturated carbocycles. The molecule has 8 nitrogen and oxygen atoms in total. The highest BCUT2D eigenvalue weighted by Gasteiger charge is 2.25. The van der Waals surface area contributed by atoms with E-state index in [2.05, 4.69) is 74.6 Å². The van der Waals surface area contributed by atoms with Gasteiger partial charge in [0.15, 0.2) is 6.10 Å². The van der Waals surface area contributed by atoms with Crippen LogP contribution < -0.4 is 5.11 Å². The number of nitrogens with zero attached hydrogens (tertiary/aromatic N) is 1. The summed E-state index contributed by atoms with van der Waals surface area (Å²) >= 11 is 0. The Bertz CT molecular complexity index is 1020. The molecule has 0 aliphatic heterocycles. The van der Waals surface area contributed by atoms with E-state index in [1.54, 1.807) is 21.1 Å². The SMILES string of the molecule is CC/C=C\C/C=C\C/C=C\C/C=C\CCCCCCC(=O)OC(COCCC(C(=O)[O-])[N+](C)(C)C)COC(=O)CCCCCCC/C=C\CCC. The van der Waals surface area contributed by atoms with E-state index in [0.717, 1.165) is 96.3 Å². The second kappa shape index (κ2) is 34.1. The van der Waals surface area contributed by atoms with Gasteiger partial charge in [-0.1, -0.05) is 113 Å². The molecule has 0 saturated heterocycles. The normalized spacial score (nSPS) is 13.7. The zero-order valence-electron chi connectivity index (χ0n) is 33.0. The van der Waals surface area contributed by atoms with Crippen LogP contribution in [0.1, 0.15) is 142 Å². The number of hydrogen-bond donors (Lipinski definition) is 0. The minimum absolute atomic E-state index is 0.0253. The van der Waals surface area contributed by atoms with Crippen molar-refractivity contribution < 1.29 is 38.2 Å². The first-order valence-corrected chi connectivity index (χ1v) is 19.8. The van der Waals surface area contributed by atoms with E-state index in [4.69, 9.17) is 14.2 Å². The van der Waals surface area contributed by atoms with Gasteiger partial charge in [0.1, 0.15) is 12.6 Å². The van der Waals surface area contributed by atoms with Gasteiger partial charge in [0.25, 0.3) is 0 Å². The molecule has 0 aliphatic rings. The highest BCUT2D eigenvalue weighted by molar-refractivity contribution is 5.70. The number of carboxylic acids is 1. The van der Waals surface area contributed by atoms with Crippen LogP contribution in [-0.4, -0.2) is 75.5 Å². The number of allylic oxidation sites excluding steroid dienone is 10. The Labute approximate surface area is 311 Å². The predicted octanol–water partition coefficient (Wildman–Crippen LogP) is 8.91. The summed E-state index contributed by atoms with van der Waals surface area (Å²) in [6.07, 6.45) is 39.6. The third-order valence-electron chi connectivity index (χ3n) is 8.37. The molecule has 0 spiro atoms. The minimum Gasteiger partial charge on any atom is -0.544 e. The molecule has 0 amide bonds. The van der Waals surface area contributed by atoms with Crippen molar-refractivity contribution in [1.82, 2.24) is 0 Å². The highest BCUT2D eigenvalue weighted by atomic mass is 16.6. The van der Waals surface area contributed by atoms with Gasteiger partial charge in [-0.15, -0.1) is 0 Å². The number of carbonyl (C=O) groups excluding carboxylic acids is 3. The highest BCUT2D eigenvalue weighted by Crippen LogP contribution is 2.12. The van der Waals surface area contributed by atoms with Crippen LogP contribution in [0.25, 0.3) is 0 Å². The minimum atomic E-state index is -1.13. The summed E-state index contributed by atoms with van der Waals surface area (Å²) < 4.78 is 17.1. The van der Waals surface area contributed by atoms with E-state index < -0.39 is 18.1 Å². The van der Waals surface area contributed by atoms with Crippen LogP contribution in [0, 0.1) is 0 Å². The molecule has 0 radical (unpaired) electrons. The van der Waals surface area contributed by atoms with Crippen molar-refractivity contribution in [3.05, 3.63) is 60.8 Å². The van der Waals surface area contributed by atoms with Crippen LogP contribution in [0.4, 0.5) is 0 Å². The third-order valence-corrected chi connectivity index (χ3v) is 8.37. The van der Waals surface area contributed by atoms with Crippen molar-refractivity contribution in [1.29, 1.82) is 0 Å². The molecule has 0 N–H and O–H groups in total. The Kier molecular flexibility index (Phi) is 32.1. The number of hydrogen-bond acceptors (Lipinski definition) is 7. The number of likely N-dealkylation sites (N-methyl/N-ethyl adjacent to an activating group) is 1.